The van der Waals surface area contributed by atoms with Crippen LogP contribution in [0.15, 0.2) is 48.8 Å². The summed E-state index contributed by atoms with van der Waals surface area (Å²) in [4.78, 5) is 6.03. The number of alkyl halides is 3. The van der Waals surface area contributed by atoms with Crippen LogP contribution < -0.4 is 5.32 Å². The number of likely N-dealkylation sites (tertiary alicyclic amines) is 1. The predicted octanol–water partition coefficient (Wildman–Crippen LogP) is 4.63. The van der Waals surface area contributed by atoms with E-state index in [9.17, 15) is 13.2 Å². The third kappa shape index (κ3) is 3.67. The van der Waals surface area contributed by atoms with E-state index in [-0.39, 0.29) is 6.04 Å². The highest BCUT2D eigenvalue weighted by molar-refractivity contribution is 7.80. The van der Waals surface area contributed by atoms with Crippen molar-refractivity contribution in [2.24, 2.45) is 0 Å². The number of nitrogens with one attached hydrogen (secondary N) is 1. The topological polar surface area (TPSA) is 28.2 Å². The molecule has 3 nitrogen and oxygen atoms in total. The van der Waals surface area contributed by atoms with E-state index in [0.717, 1.165) is 37.1 Å². The maximum Gasteiger partial charge on any atom is 0.416 e. The number of pyridine rings is 1. The van der Waals surface area contributed by atoms with Gasteiger partial charge in [-0.05, 0) is 61.0 Å². The summed E-state index contributed by atoms with van der Waals surface area (Å²) in [6.45, 7) is 0.776. The first-order valence-corrected chi connectivity index (χ1v) is 8.01. The van der Waals surface area contributed by atoms with Crippen LogP contribution in [0.2, 0.25) is 0 Å². The molecule has 0 aliphatic carbocycles. The lowest BCUT2D eigenvalue weighted by atomic mass is 10.1. The highest BCUT2D eigenvalue weighted by Gasteiger charge is 2.31. The molecule has 2 aromatic rings. The number of aromatic nitrogens is 1. The Hall–Kier alpha value is -2.15. The van der Waals surface area contributed by atoms with Crippen LogP contribution in [0.1, 0.15) is 30.0 Å². The average Bonchev–Trinajstić information content (AvgIpc) is 3.05. The zero-order valence-electron chi connectivity index (χ0n) is 12.8. The van der Waals surface area contributed by atoms with Gasteiger partial charge in [-0.3, -0.25) is 4.98 Å². The van der Waals surface area contributed by atoms with Crippen LogP contribution in [-0.4, -0.2) is 21.5 Å². The summed E-state index contributed by atoms with van der Waals surface area (Å²) in [5, 5.41) is 3.38. The Morgan fingerprint density at radius 1 is 1.21 bits per heavy atom. The third-order valence-corrected chi connectivity index (χ3v) is 4.38. The first kappa shape index (κ1) is 16.7. The SMILES string of the molecule is FC(F)(F)c1cccc(NC(=S)N2CCCC2c2ccncc2)c1. The van der Waals surface area contributed by atoms with E-state index >= 15 is 0 Å². The maximum absolute atomic E-state index is 12.8. The second-order valence-electron chi connectivity index (χ2n) is 5.64. The van der Waals surface area contributed by atoms with E-state index in [1.54, 1.807) is 18.5 Å². The molecule has 126 valence electrons. The molecule has 0 saturated carbocycles. The average molecular weight is 351 g/mol. The van der Waals surface area contributed by atoms with Crippen LogP contribution in [0.5, 0.6) is 0 Å². The number of thiocarbonyl (C=S) groups is 1. The normalized spacial score (nSPS) is 17.8. The summed E-state index contributed by atoms with van der Waals surface area (Å²) in [5.41, 5.74) is 0.758. The molecule has 1 N–H and O–H groups in total. The first-order chi connectivity index (χ1) is 11.4. The molecule has 1 atom stereocenters. The van der Waals surface area contributed by atoms with Crippen LogP contribution in [0.4, 0.5) is 18.9 Å². The summed E-state index contributed by atoms with van der Waals surface area (Å²) < 4.78 is 38.4. The number of hydrogen-bond acceptors (Lipinski definition) is 2. The summed E-state index contributed by atoms with van der Waals surface area (Å²) in [7, 11) is 0. The molecule has 2 heterocycles. The van der Waals surface area contributed by atoms with Gasteiger partial charge in [0.25, 0.3) is 0 Å². The molecule has 0 radical (unpaired) electrons. The zero-order valence-corrected chi connectivity index (χ0v) is 13.6. The van der Waals surface area contributed by atoms with Crippen LogP contribution in [0, 0.1) is 0 Å². The lowest BCUT2D eigenvalue weighted by Crippen LogP contribution is -2.34. The molecule has 1 aliphatic rings. The Morgan fingerprint density at radius 2 is 1.96 bits per heavy atom. The minimum absolute atomic E-state index is 0.124. The van der Waals surface area contributed by atoms with Crippen LogP contribution in [0.25, 0.3) is 0 Å². The Balaban J connectivity index is 1.75. The van der Waals surface area contributed by atoms with Gasteiger partial charge in [0.05, 0.1) is 11.6 Å². The van der Waals surface area contributed by atoms with Gasteiger partial charge in [0.15, 0.2) is 5.11 Å². The minimum Gasteiger partial charge on any atom is -0.342 e. The van der Waals surface area contributed by atoms with Gasteiger partial charge in [0.2, 0.25) is 0 Å². The molecule has 0 spiro atoms. The summed E-state index contributed by atoms with van der Waals surface area (Å²) in [6.07, 6.45) is 1.03. The van der Waals surface area contributed by atoms with Gasteiger partial charge in [0, 0.05) is 24.6 Å². The van der Waals surface area contributed by atoms with E-state index < -0.39 is 11.7 Å². The van der Waals surface area contributed by atoms with Crippen molar-refractivity contribution in [3.05, 3.63) is 59.9 Å². The van der Waals surface area contributed by atoms with Crippen LogP contribution in [0.3, 0.4) is 0 Å². The molecule has 1 fully saturated rings. The standard InChI is InChI=1S/C17H16F3N3S/c18-17(19,20)13-3-1-4-14(11-13)22-16(24)23-10-2-5-15(23)12-6-8-21-9-7-12/h1,3-4,6-9,11,15H,2,5,10H2,(H,22,24). The van der Waals surface area contributed by atoms with Crippen LogP contribution in [-0.2, 0) is 6.18 Å². The van der Waals surface area contributed by atoms with E-state index in [2.05, 4.69) is 10.3 Å². The molecule has 0 amide bonds. The van der Waals surface area contributed by atoms with Crippen LogP contribution >= 0.6 is 12.2 Å². The smallest absolute Gasteiger partial charge is 0.342 e. The second-order valence-corrected chi connectivity index (χ2v) is 6.03. The van der Waals surface area contributed by atoms with Crippen molar-refractivity contribution >= 4 is 23.0 Å². The van der Waals surface area contributed by atoms with Crippen molar-refractivity contribution < 1.29 is 13.2 Å². The number of halogens is 3. The van der Waals surface area contributed by atoms with Gasteiger partial charge in [-0.1, -0.05) is 6.07 Å². The van der Waals surface area contributed by atoms with Gasteiger partial charge in [-0.2, -0.15) is 13.2 Å². The number of hydrogen-bond donors (Lipinski definition) is 1. The molecule has 1 aromatic carbocycles. The quantitative estimate of drug-likeness (QED) is 0.798. The Labute approximate surface area is 143 Å². The van der Waals surface area contributed by atoms with Gasteiger partial charge >= 0.3 is 6.18 Å². The van der Waals surface area contributed by atoms with E-state index in [1.807, 2.05) is 17.0 Å². The molecule has 1 unspecified atom stereocenters. The predicted molar refractivity (Wildman–Crippen MR) is 90.6 cm³/mol. The summed E-state index contributed by atoms with van der Waals surface area (Å²) >= 11 is 5.43. The van der Waals surface area contributed by atoms with Gasteiger partial charge in [-0.25, -0.2) is 0 Å². The monoisotopic (exact) mass is 351 g/mol. The fraction of sp³-hybridized carbons (Fsp3) is 0.294. The third-order valence-electron chi connectivity index (χ3n) is 4.05. The van der Waals surface area contributed by atoms with E-state index in [4.69, 9.17) is 12.2 Å². The zero-order chi connectivity index (χ0) is 17.2. The fourth-order valence-corrected chi connectivity index (χ4v) is 3.25. The lowest BCUT2D eigenvalue weighted by molar-refractivity contribution is -0.137. The number of anilines is 1. The summed E-state index contributed by atoms with van der Waals surface area (Å²) in [5.74, 6) is 0. The lowest BCUT2D eigenvalue weighted by Gasteiger charge is -2.28. The molecule has 24 heavy (non-hydrogen) atoms. The largest absolute Gasteiger partial charge is 0.416 e. The first-order valence-electron chi connectivity index (χ1n) is 7.60. The number of rotatable bonds is 2. The van der Waals surface area contributed by atoms with Gasteiger partial charge in [0.1, 0.15) is 0 Å². The Bertz CT molecular complexity index is 719. The van der Waals surface area contributed by atoms with E-state index in [1.165, 1.54) is 6.07 Å². The summed E-state index contributed by atoms with van der Waals surface area (Å²) in [6, 6.07) is 9.08. The van der Waals surface area contributed by atoms with Crippen molar-refractivity contribution in [3.63, 3.8) is 0 Å². The maximum atomic E-state index is 12.8. The van der Waals surface area contributed by atoms with Crippen molar-refractivity contribution in [1.82, 2.24) is 9.88 Å². The Morgan fingerprint density at radius 3 is 2.67 bits per heavy atom. The number of nitrogens with zero attached hydrogens (tertiary/aromatic N) is 2. The Kier molecular flexibility index (Phi) is 4.71. The highest BCUT2D eigenvalue weighted by atomic mass is 32.1. The molecule has 1 saturated heterocycles. The van der Waals surface area contributed by atoms with Crippen molar-refractivity contribution in [3.8, 4) is 0 Å². The van der Waals surface area contributed by atoms with Crippen molar-refractivity contribution in [1.29, 1.82) is 0 Å². The molecule has 1 aliphatic heterocycles. The number of benzene rings is 1. The fourth-order valence-electron chi connectivity index (χ4n) is 2.91. The second kappa shape index (κ2) is 6.76. The van der Waals surface area contributed by atoms with Gasteiger partial charge in [-0.15, -0.1) is 0 Å². The van der Waals surface area contributed by atoms with E-state index in [0.29, 0.717) is 10.8 Å². The molecule has 1 aromatic heterocycles. The highest BCUT2D eigenvalue weighted by Crippen LogP contribution is 2.33. The molecule has 0 bridgehead atoms. The minimum atomic E-state index is -4.37. The van der Waals surface area contributed by atoms with Gasteiger partial charge < -0.3 is 10.2 Å². The van der Waals surface area contributed by atoms with Crippen molar-refractivity contribution in [2.45, 2.75) is 25.1 Å². The molecule has 7 heteroatoms. The van der Waals surface area contributed by atoms with Crippen molar-refractivity contribution in [2.75, 3.05) is 11.9 Å². The molecule has 3 rings (SSSR count). The molecular formula is C17H16F3N3S. The molecular weight excluding hydrogens is 335 g/mol.